The SMILES string of the molecule is O=c1ccc2cc3nc(-c4ccco4)cc(-c4ccccc4)c3cc2o1. The highest BCUT2D eigenvalue weighted by Gasteiger charge is 2.13. The molecule has 4 heteroatoms. The smallest absolute Gasteiger partial charge is 0.336 e. The molecule has 0 atom stereocenters. The summed E-state index contributed by atoms with van der Waals surface area (Å²) in [5.74, 6) is 0.712. The van der Waals surface area contributed by atoms with Gasteiger partial charge in [0.1, 0.15) is 11.3 Å². The lowest BCUT2D eigenvalue weighted by molar-refractivity contribution is 0.561. The molecule has 2 aromatic carbocycles. The lowest BCUT2D eigenvalue weighted by atomic mass is 9.98. The van der Waals surface area contributed by atoms with Gasteiger partial charge in [0.05, 0.1) is 11.8 Å². The Morgan fingerprint density at radius 2 is 1.73 bits per heavy atom. The zero-order valence-electron chi connectivity index (χ0n) is 13.7. The molecule has 0 amide bonds. The molecule has 0 saturated heterocycles. The Morgan fingerprint density at radius 1 is 0.846 bits per heavy atom. The number of hydrogen-bond donors (Lipinski definition) is 0. The summed E-state index contributed by atoms with van der Waals surface area (Å²) in [5, 5.41) is 1.76. The van der Waals surface area contributed by atoms with E-state index < -0.39 is 0 Å². The fourth-order valence-corrected chi connectivity index (χ4v) is 3.20. The summed E-state index contributed by atoms with van der Waals surface area (Å²) in [6, 6.07) is 22.8. The van der Waals surface area contributed by atoms with Crippen molar-refractivity contribution in [3.05, 3.63) is 89.5 Å². The summed E-state index contributed by atoms with van der Waals surface area (Å²) in [6.45, 7) is 0. The maximum absolute atomic E-state index is 11.6. The highest BCUT2D eigenvalue weighted by atomic mass is 16.4. The summed E-state index contributed by atoms with van der Waals surface area (Å²) in [7, 11) is 0. The summed E-state index contributed by atoms with van der Waals surface area (Å²) in [4.78, 5) is 16.4. The normalized spacial score (nSPS) is 11.2. The van der Waals surface area contributed by atoms with Crippen LogP contribution >= 0.6 is 0 Å². The molecule has 26 heavy (non-hydrogen) atoms. The van der Waals surface area contributed by atoms with Crippen LogP contribution in [0.4, 0.5) is 0 Å². The van der Waals surface area contributed by atoms with E-state index in [1.54, 1.807) is 12.3 Å². The van der Waals surface area contributed by atoms with Crippen LogP contribution in [-0.4, -0.2) is 4.98 Å². The Hall–Kier alpha value is -3.66. The van der Waals surface area contributed by atoms with E-state index in [1.807, 2.05) is 60.7 Å². The third kappa shape index (κ3) is 2.40. The molecule has 0 N–H and O–H groups in total. The number of furan rings is 1. The lowest BCUT2D eigenvalue weighted by Crippen LogP contribution is -1.95. The third-order valence-corrected chi connectivity index (χ3v) is 4.41. The van der Waals surface area contributed by atoms with Crippen LogP contribution in [0.5, 0.6) is 0 Å². The molecule has 0 unspecified atom stereocenters. The standard InChI is InChI=1S/C22H13NO3/c24-22-9-8-15-11-18-17(13-21(15)26-22)16(14-5-2-1-3-6-14)12-19(23-18)20-7-4-10-25-20/h1-13H. The van der Waals surface area contributed by atoms with Gasteiger partial charge in [-0.15, -0.1) is 0 Å². The van der Waals surface area contributed by atoms with E-state index in [0.717, 1.165) is 33.1 Å². The van der Waals surface area contributed by atoms with E-state index in [1.165, 1.54) is 6.07 Å². The number of aromatic nitrogens is 1. The first kappa shape index (κ1) is 14.7. The quantitative estimate of drug-likeness (QED) is 0.325. The second kappa shape index (κ2) is 5.70. The third-order valence-electron chi connectivity index (χ3n) is 4.41. The molecule has 5 aromatic rings. The fraction of sp³-hybridized carbons (Fsp3) is 0. The highest BCUT2D eigenvalue weighted by molar-refractivity contribution is 6.02. The van der Waals surface area contributed by atoms with Crippen LogP contribution in [0.25, 0.3) is 44.5 Å². The number of nitrogens with zero attached hydrogens (tertiary/aromatic N) is 1. The maximum atomic E-state index is 11.6. The zero-order chi connectivity index (χ0) is 17.5. The second-order valence-electron chi connectivity index (χ2n) is 6.06. The number of hydrogen-bond acceptors (Lipinski definition) is 4. The van der Waals surface area contributed by atoms with Crippen molar-refractivity contribution >= 4 is 21.9 Å². The molecule has 3 aromatic heterocycles. The first-order valence-corrected chi connectivity index (χ1v) is 8.26. The minimum Gasteiger partial charge on any atom is -0.463 e. The summed E-state index contributed by atoms with van der Waals surface area (Å²) < 4.78 is 10.9. The van der Waals surface area contributed by atoms with Crippen LogP contribution < -0.4 is 5.63 Å². The molecular weight excluding hydrogens is 326 g/mol. The predicted octanol–water partition coefficient (Wildman–Crippen LogP) is 5.27. The maximum Gasteiger partial charge on any atom is 0.336 e. The van der Waals surface area contributed by atoms with Crippen molar-refractivity contribution in [1.29, 1.82) is 0 Å². The average molecular weight is 339 g/mol. The van der Waals surface area contributed by atoms with Gasteiger partial charge in [0, 0.05) is 16.8 Å². The Balaban J connectivity index is 1.90. The zero-order valence-corrected chi connectivity index (χ0v) is 13.7. The van der Waals surface area contributed by atoms with Crippen molar-refractivity contribution in [2.45, 2.75) is 0 Å². The molecule has 124 valence electrons. The van der Waals surface area contributed by atoms with Crippen LogP contribution in [-0.2, 0) is 0 Å². The van der Waals surface area contributed by atoms with Gasteiger partial charge in [-0.2, -0.15) is 0 Å². The second-order valence-corrected chi connectivity index (χ2v) is 6.06. The van der Waals surface area contributed by atoms with Crippen LogP contribution in [0.2, 0.25) is 0 Å². The fourth-order valence-electron chi connectivity index (χ4n) is 3.20. The van der Waals surface area contributed by atoms with Gasteiger partial charge >= 0.3 is 5.63 Å². The Labute approximate surface area is 148 Å². The summed E-state index contributed by atoms with van der Waals surface area (Å²) >= 11 is 0. The van der Waals surface area contributed by atoms with Gasteiger partial charge in [-0.1, -0.05) is 30.3 Å². The highest BCUT2D eigenvalue weighted by Crippen LogP contribution is 2.34. The Bertz CT molecular complexity index is 1290. The van der Waals surface area contributed by atoms with Crippen LogP contribution in [0.1, 0.15) is 0 Å². The number of rotatable bonds is 2. The van der Waals surface area contributed by atoms with Crippen LogP contribution in [0.15, 0.2) is 92.7 Å². The molecule has 0 spiro atoms. The molecule has 0 aliphatic rings. The van der Waals surface area contributed by atoms with Crippen molar-refractivity contribution in [1.82, 2.24) is 4.98 Å². The van der Waals surface area contributed by atoms with Gasteiger partial charge in [-0.05, 0) is 47.5 Å². The van der Waals surface area contributed by atoms with Crippen LogP contribution in [0, 0.1) is 0 Å². The van der Waals surface area contributed by atoms with Gasteiger partial charge in [0.15, 0.2) is 5.76 Å². The van der Waals surface area contributed by atoms with Crippen molar-refractivity contribution in [2.75, 3.05) is 0 Å². The molecule has 5 rings (SSSR count). The first-order valence-electron chi connectivity index (χ1n) is 8.26. The van der Waals surface area contributed by atoms with Crippen LogP contribution in [0.3, 0.4) is 0 Å². The Morgan fingerprint density at radius 3 is 2.54 bits per heavy atom. The van der Waals surface area contributed by atoms with Crippen molar-refractivity contribution in [2.24, 2.45) is 0 Å². The number of fused-ring (bicyclic) bond motifs is 2. The van der Waals surface area contributed by atoms with E-state index in [9.17, 15) is 4.79 Å². The minimum atomic E-state index is -0.363. The molecule has 0 aliphatic heterocycles. The van der Waals surface area contributed by atoms with Crippen molar-refractivity contribution < 1.29 is 8.83 Å². The van der Waals surface area contributed by atoms with Crippen molar-refractivity contribution in [3.8, 4) is 22.6 Å². The van der Waals surface area contributed by atoms with E-state index in [0.29, 0.717) is 11.3 Å². The largest absolute Gasteiger partial charge is 0.463 e. The molecule has 3 heterocycles. The van der Waals surface area contributed by atoms with Crippen molar-refractivity contribution in [3.63, 3.8) is 0 Å². The number of benzene rings is 2. The Kier molecular flexibility index (Phi) is 3.22. The van der Waals surface area contributed by atoms with E-state index in [2.05, 4.69) is 0 Å². The summed E-state index contributed by atoms with van der Waals surface area (Å²) in [5.41, 5.74) is 3.84. The first-order chi connectivity index (χ1) is 12.8. The van der Waals surface area contributed by atoms with Gasteiger partial charge in [-0.3, -0.25) is 0 Å². The molecule has 0 saturated carbocycles. The van der Waals surface area contributed by atoms with E-state index >= 15 is 0 Å². The van der Waals surface area contributed by atoms with Gasteiger partial charge < -0.3 is 8.83 Å². The molecular formula is C22H13NO3. The average Bonchev–Trinajstić information content (AvgIpc) is 3.21. The molecule has 0 bridgehead atoms. The monoisotopic (exact) mass is 339 g/mol. The molecule has 0 fully saturated rings. The molecule has 0 radical (unpaired) electrons. The van der Waals surface area contributed by atoms with Gasteiger partial charge in [0.2, 0.25) is 0 Å². The minimum absolute atomic E-state index is 0.363. The van der Waals surface area contributed by atoms with E-state index in [4.69, 9.17) is 13.8 Å². The summed E-state index contributed by atoms with van der Waals surface area (Å²) in [6.07, 6.45) is 1.64. The molecule has 0 aliphatic carbocycles. The number of pyridine rings is 1. The van der Waals surface area contributed by atoms with E-state index in [-0.39, 0.29) is 5.63 Å². The lowest BCUT2D eigenvalue weighted by Gasteiger charge is -2.10. The molecule has 4 nitrogen and oxygen atoms in total. The topological polar surface area (TPSA) is 56.2 Å². The van der Waals surface area contributed by atoms with Gasteiger partial charge in [-0.25, -0.2) is 9.78 Å². The van der Waals surface area contributed by atoms with Gasteiger partial charge in [0.25, 0.3) is 0 Å². The predicted molar refractivity (Wildman–Crippen MR) is 101 cm³/mol.